The van der Waals surface area contributed by atoms with Crippen LogP contribution < -0.4 is 16.8 Å². The summed E-state index contributed by atoms with van der Waals surface area (Å²) in [5.41, 5.74) is 11.2. The van der Waals surface area contributed by atoms with Crippen LogP contribution in [0.1, 0.15) is 18.4 Å². The zero-order chi connectivity index (χ0) is 15.5. The first kappa shape index (κ1) is 16.5. The molecule has 0 aromatic heterocycles. The maximum absolute atomic E-state index is 11.6. The number of aliphatic imine (C=N–C) groups is 1. The van der Waals surface area contributed by atoms with Crippen LogP contribution in [-0.2, 0) is 16.1 Å². The average Bonchev–Trinajstić information content (AvgIpc) is 2.49. The van der Waals surface area contributed by atoms with Crippen molar-refractivity contribution in [3.05, 3.63) is 35.9 Å². The van der Waals surface area contributed by atoms with Crippen LogP contribution >= 0.6 is 0 Å². The molecule has 0 bridgehead atoms. The van der Waals surface area contributed by atoms with Gasteiger partial charge in [-0.2, -0.15) is 0 Å². The second-order valence-corrected chi connectivity index (χ2v) is 4.40. The van der Waals surface area contributed by atoms with Crippen LogP contribution in [0.4, 0.5) is 4.79 Å². The first-order valence-corrected chi connectivity index (χ1v) is 6.59. The lowest BCUT2D eigenvalue weighted by molar-refractivity contribution is -0.109. The van der Waals surface area contributed by atoms with E-state index in [4.69, 9.17) is 16.2 Å². The fourth-order valence-electron chi connectivity index (χ4n) is 1.61. The number of benzene rings is 1. The van der Waals surface area contributed by atoms with Crippen LogP contribution in [0, 0.1) is 0 Å². The van der Waals surface area contributed by atoms with Crippen LogP contribution in [0.15, 0.2) is 35.3 Å². The van der Waals surface area contributed by atoms with Crippen molar-refractivity contribution >= 4 is 18.3 Å². The number of nitrogens with one attached hydrogen (secondary N) is 1. The van der Waals surface area contributed by atoms with Crippen molar-refractivity contribution in [1.29, 1.82) is 0 Å². The Balaban J connectivity index is 2.27. The molecule has 114 valence electrons. The van der Waals surface area contributed by atoms with Crippen molar-refractivity contribution in [2.75, 3.05) is 6.54 Å². The molecular weight excluding hydrogens is 272 g/mol. The molecule has 0 spiro atoms. The largest absolute Gasteiger partial charge is 0.445 e. The fraction of sp³-hybridized carbons (Fsp3) is 0.357. The maximum Gasteiger partial charge on any atom is 0.408 e. The summed E-state index contributed by atoms with van der Waals surface area (Å²) in [5.74, 6) is 0.00730. The number of carbonyl (C=O) groups is 2. The smallest absolute Gasteiger partial charge is 0.408 e. The number of ether oxygens (including phenoxy) is 1. The van der Waals surface area contributed by atoms with Crippen molar-refractivity contribution in [2.24, 2.45) is 16.5 Å². The zero-order valence-electron chi connectivity index (χ0n) is 11.7. The van der Waals surface area contributed by atoms with Gasteiger partial charge in [0.15, 0.2) is 5.96 Å². The first-order chi connectivity index (χ1) is 10.1. The normalized spacial score (nSPS) is 11.2. The predicted octanol–water partition coefficient (Wildman–Crippen LogP) is 0.534. The van der Waals surface area contributed by atoms with Gasteiger partial charge in [-0.05, 0) is 18.4 Å². The summed E-state index contributed by atoms with van der Waals surface area (Å²) >= 11 is 0. The highest BCUT2D eigenvalue weighted by Gasteiger charge is 2.11. The Morgan fingerprint density at radius 3 is 2.67 bits per heavy atom. The second-order valence-electron chi connectivity index (χ2n) is 4.40. The third kappa shape index (κ3) is 7.56. The summed E-state index contributed by atoms with van der Waals surface area (Å²) in [5, 5.41) is 2.48. The third-order valence-corrected chi connectivity index (χ3v) is 2.65. The lowest BCUT2D eigenvalue weighted by Crippen LogP contribution is -2.36. The molecule has 1 atom stereocenters. The number of nitrogens with zero attached hydrogens (tertiary/aromatic N) is 1. The van der Waals surface area contributed by atoms with Crippen molar-refractivity contribution in [1.82, 2.24) is 5.32 Å². The Morgan fingerprint density at radius 1 is 1.33 bits per heavy atom. The Bertz CT molecular complexity index is 472. The SMILES string of the molecule is NC(N)=NCCCC(C=O)NC(=O)OCc1ccccc1. The van der Waals surface area contributed by atoms with E-state index >= 15 is 0 Å². The van der Waals surface area contributed by atoms with Gasteiger partial charge in [0.25, 0.3) is 0 Å². The highest BCUT2D eigenvalue weighted by atomic mass is 16.5. The van der Waals surface area contributed by atoms with Crippen LogP contribution in [0.25, 0.3) is 0 Å². The topological polar surface area (TPSA) is 120 Å². The number of amides is 1. The van der Waals surface area contributed by atoms with Gasteiger partial charge >= 0.3 is 6.09 Å². The molecule has 1 aromatic rings. The predicted molar refractivity (Wildman–Crippen MR) is 79.5 cm³/mol. The van der Waals surface area contributed by atoms with E-state index in [1.807, 2.05) is 30.3 Å². The number of alkyl carbamates (subject to hydrolysis) is 1. The van der Waals surface area contributed by atoms with Crippen LogP contribution in [0.5, 0.6) is 0 Å². The molecule has 0 heterocycles. The number of guanidine groups is 1. The van der Waals surface area contributed by atoms with Gasteiger partial charge in [-0.3, -0.25) is 4.99 Å². The molecule has 0 aliphatic carbocycles. The lowest BCUT2D eigenvalue weighted by atomic mass is 10.2. The van der Waals surface area contributed by atoms with Crippen LogP contribution in [-0.4, -0.2) is 30.9 Å². The zero-order valence-corrected chi connectivity index (χ0v) is 11.7. The number of hydrogen-bond acceptors (Lipinski definition) is 4. The molecule has 1 aromatic carbocycles. The van der Waals surface area contributed by atoms with E-state index in [2.05, 4.69) is 10.3 Å². The van der Waals surface area contributed by atoms with E-state index in [1.54, 1.807) is 0 Å². The quantitative estimate of drug-likeness (QED) is 0.279. The van der Waals surface area contributed by atoms with Gasteiger partial charge in [0.05, 0.1) is 6.04 Å². The monoisotopic (exact) mass is 292 g/mol. The van der Waals surface area contributed by atoms with Gasteiger partial charge < -0.3 is 26.3 Å². The number of nitrogens with two attached hydrogens (primary N) is 2. The summed E-state index contributed by atoms with van der Waals surface area (Å²) in [4.78, 5) is 26.3. The van der Waals surface area contributed by atoms with Gasteiger partial charge in [-0.1, -0.05) is 30.3 Å². The van der Waals surface area contributed by atoms with Gasteiger partial charge in [-0.25, -0.2) is 4.79 Å². The van der Waals surface area contributed by atoms with E-state index in [-0.39, 0.29) is 12.6 Å². The highest BCUT2D eigenvalue weighted by Crippen LogP contribution is 2.01. The lowest BCUT2D eigenvalue weighted by Gasteiger charge is -2.12. The van der Waals surface area contributed by atoms with E-state index < -0.39 is 12.1 Å². The van der Waals surface area contributed by atoms with Gasteiger partial charge in [0.1, 0.15) is 12.9 Å². The molecule has 0 aliphatic heterocycles. The minimum atomic E-state index is -0.627. The number of rotatable bonds is 8. The van der Waals surface area contributed by atoms with E-state index in [0.29, 0.717) is 25.7 Å². The minimum Gasteiger partial charge on any atom is -0.445 e. The van der Waals surface area contributed by atoms with E-state index in [0.717, 1.165) is 5.56 Å². The number of carbonyl (C=O) groups excluding carboxylic acids is 2. The molecule has 1 amide bonds. The molecule has 0 saturated heterocycles. The summed E-state index contributed by atoms with van der Waals surface area (Å²) in [6, 6.07) is 8.67. The standard InChI is InChI=1S/C14H20N4O3/c15-13(16)17-8-4-7-12(9-19)18-14(20)21-10-11-5-2-1-3-6-11/h1-3,5-6,9,12H,4,7-8,10H2,(H,18,20)(H4,15,16,17). The van der Waals surface area contributed by atoms with Gasteiger partial charge in [0, 0.05) is 6.54 Å². The molecule has 0 fully saturated rings. The Hall–Kier alpha value is -2.57. The Morgan fingerprint density at radius 2 is 2.05 bits per heavy atom. The Kier molecular flexibility index (Phi) is 7.34. The first-order valence-electron chi connectivity index (χ1n) is 6.59. The van der Waals surface area contributed by atoms with Crippen molar-refractivity contribution in [2.45, 2.75) is 25.5 Å². The Labute approximate surface area is 123 Å². The third-order valence-electron chi connectivity index (χ3n) is 2.65. The van der Waals surface area contributed by atoms with E-state index in [9.17, 15) is 9.59 Å². The number of aldehydes is 1. The van der Waals surface area contributed by atoms with Crippen molar-refractivity contribution < 1.29 is 14.3 Å². The maximum atomic E-state index is 11.6. The second kappa shape index (κ2) is 9.35. The summed E-state index contributed by atoms with van der Waals surface area (Å²) in [7, 11) is 0. The fourth-order valence-corrected chi connectivity index (χ4v) is 1.61. The van der Waals surface area contributed by atoms with E-state index in [1.165, 1.54) is 0 Å². The molecule has 5 N–H and O–H groups in total. The molecule has 0 aliphatic rings. The van der Waals surface area contributed by atoms with Crippen LogP contribution in [0.3, 0.4) is 0 Å². The van der Waals surface area contributed by atoms with Crippen molar-refractivity contribution in [3.8, 4) is 0 Å². The molecule has 7 heteroatoms. The van der Waals surface area contributed by atoms with Crippen LogP contribution in [0.2, 0.25) is 0 Å². The molecule has 21 heavy (non-hydrogen) atoms. The van der Waals surface area contributed by atoms with Gasteiger partial charge in [-0.15, -0.1) is 0 Å². The molecular formula is C14H20N4O3. The molecule has 7 nitrogen and oxygen atoms in total. The average molecular weight is 292 g/mol. The highest BCUT2D eigenvalue weighted by molar-refractivity contribution is 5.75. The van der Waals surface area contributed by atoms with Gasteiger partial charge in [0.2, 0.25) is 0 Å². The number of hydrogen-bond donors (Lipinski definition) is 3. The molecule has 1 unspecified atom stereocenters. The summed E-state index contributed by atoms with van der Waals surface area (Å²) < 4.78 is 5.03. The molecule has 0 radical (unpaired) electrons. The minimum absolute atomic E-state index is 0.00730. The van der Waals surface area contributed by atoms with Crippen molar-refractivity contribution in [3.63, 3.8) is 0 Å². The molecule has 0 saturated carbocycles. The summed E-state index contributed by atoms with van der Waals surface area (Å²) in [6.45, 7) is 0.569. The molecule has 1 rings (SSSR count). The summed E-state index contributed by atoms with van der Waals surface area (Å²) in [6.07, 6.45) is 1.07.